The van der Waals surface area contributed by atoms with Gasteiger partial charge in [0.1, 0.15) is 11.7 Å². The fourth-order valence-corrected chi connectivity index (χ4v) is 1.25. The van der Waals surface area contributed by atoms with E-state index in [1.54, 1.807) is 30.3 Å². The van der Waals surface area contributed by atoms with E-state index in [9.17, 15) is 4.79 Å². The number of rotatable bonds is 2. The van der Waals surface area contributed by atoms with E-state index >= 15 is 0 Å². The minimum Gasteiger partial charge on any atom is -0.471 e. The SMILES string of the molecule is N#CCOc1cc2ccccc2oc1=O. The average Bonchev–Trinajstić information content (AvgIpc) is 2.26. The van der Waals surface area contributed by atoms with Gasteiger partial charge in [-0.05, 0) is 12.1 Å². The molecule has 0 atom stereocenters. The van der Waals surface area contributed by atoms with Crippen LogP contribution >= 0.6 is 0 Å². The van der Waals surface area contributed by atoms with Crippen molar-refractivity contribution in [2.24, 2.45) is 0 Å². The molecule has 0 unspecified atom stereocenters. The predicted molar refractivity (Wildman–Crippen MR) is 53.6 cm³/mol. The monoisotopic (exact) mass is 201 g/mol. The molecule has 2 rings (SSSR count). The molecule has 1 heterocycles. The van der Waals surface area contributed by atoms with E-state index in [1.165, 1.54) is 0 Å². The highest BCUT2D eigenvalue weighted by Crippen LogP contribution is 2.16. The van der Waals surface area contributed by atoms with Gasteiger partial charge in [-0.2, -0.15) is 5.26 Å². The molecule has 0 aliphatic carbocycles. The zero-order valence-corrected chi connectivity index (χ0v) is 7.77. The Morgan fingerprint density at radius 3 is 3.00 bits per heavy atom. The molecule has 0 aliphatic rings. The standard InChI is InChI=1S/C11H7NO3/c12-5-6-14-10-7-8-3-1-2-4-9(8)15-11(10)13/h1-4,7H,6H2. The summed E-state index contributed by atoms with van der Waals surface area (Å²) in [4.78, 5) is 11.3. The molecule has 0 saturated carbocycles. The fourth-order valence-electron chi connectivity index (χ4n) is 1.25. The van der Waals surface area contributed by atoms with Crippen LogP contribution in [-0.4, -0.2) is 6.61 Å². The van der Waals surface area contributed by atoms with Crippen LogP contribution in [0.5, 0.6) is 5.75 Å². The van der Waals surface area contributed by atoms with Gasteiger partial charge in [0.15, 0.2) is 6.61 Å². The van der Waals surface area contributed by atoms with Crippen LogP contribution in [0.3, 0.4) is 0 Å². The number of para-hydroxylation sites is 1. The maximum absolute atomic E-state index is 11.3. The zero-order valence-electron chi connectivity index (χ0n) is 7.77. The van der Waals surface area contributed by atoms with E-state index in [-0.39, 0.29) is 12.4 Å². The van der Waals surface area contributed by atoms with Crippen LogP contribution in [0.1, 0.15) is 0 Å². The number of nitrogens with zero attached hydrogens (tertiary/aromatic N) is 1. The Bertz CT molecular complexity index is 580. The van der Waals surface area contributed by atoms with E-state index in [0.717, 1.165) is 5.39 Å². The van der Waals surface area contributed by atoms with Gasteiger partial charge in [0.05, 0.1) is 0 Å². The zero-order chi connectivity index (χ0) is 10.7. The molecular weight excluding hydrogens is 194 g/mol. The molecule has 0 fully saturated rings. The maximum Gasteiger partial charge on any atom is 0.379 e. The highest BCUT2D eigenvalue weighted by atomic mass is 16.5. The molecule has 74 valence electrons. The number of benzene rings is 1. The highest BCUT2D eigenvalue weighted by molar-refractivity contribution is 5.77. The minimum atomic E-state index is -0.566. The molecule has 1 aromatic heterocycles. The second-order valence-electron chi connectivity index (χ2n) is 2.88. The third kappa shape index (κ3) is 1.81. The number of fused-ring (bicyclic) bond motifs is 1. The van der Waals surface area contributed by atoms with Gasteiger partial charge in [-0.1, -0.05) is 18.2 Å². The number of hydrogen-bond donors (Lipinski definition) is 0. The van der Waals surface area contributed by atoms with Crippen molar-refractivity contribution in [2.45, 2.75) is 0 Å². The van der Waals surface area contributed by atoms with Crippen LogP contribution in [0.4, 0.5) is 0 Å². The fraction of sp³-hybridized carbons (Fsp3) is 0.0909. The van der Waals surface area contributed by atoms with Crippen molar-refractivity contribution in [3.63, 3.8) is 0 Å². The lowest BCUT2D eigenvalue weighted by Gasteiger charge is -2.00. The van der Waals surface area contributed by atoms with Gasteiger partial charge in [0, 0.05) is 5.39 Å². The predicted octanol–water partition coefficient (Wildman–Crippen LogP) is 1.70. The second-order valence-corrected chi connectivity index (χ2v) is 2.88. The quantitative estimate of drug-likeness (QED) is 0.693. The van der Waals surface area contributed by atoms with Crippen molar-refractivity contribution in [1.82, 2.24) is 0 Å². The lowest BCUT2D eigenvalue weighted by Crippen LogP contribution is -2.06. The molecule has 1 aromatic carbocycles. The van der Waals surface area contributed by atoms with Crippen molar-refractivity contribution >= 4 is 11.0 Å². The Morgan fingerprint density at radius 1 is 1.40 bits per heavy atom. The normalized spacial score (nSPS) is 9.80. The number of nitriles is 1. The Labute approximate surface area is 85.3 Å². The van der Waals surface area contributed by atoms with Gasteiger partial charge in [0.2, 0.25) is 5.75 Å². The summed E-state index contributed by atoms with van der Waals surface area (Å²) in [5, 5.41) is 9.09. The summed E-state index contributed by atoms with van der Waals surface area (Å²) in [5.41, 5.74) is -0.0595. The van der Waals surface area contributed by atoms with Crippen molar-refractivity contribution in [3.8, 4) is 11.8 Å². The smallest absolute Gasteiger partial charge is 0.379 e. The minimum absolute atomic E-state index is 0.0650. The molecule has 0 bridgehead atoms. The third-order valence-electron chi connectivity index (χ3n) is 1.90. The first-order valence-electron chi connectivity index (χ1n) is 4.34. The molecule has 0 radical (unpaired) electrons. The highest BCUT2D eigenvalue weighted by Gasteiger charge is 2.04. The van der Waals surface area contributed by atoms with E-state index in [4.69, 9.17) is 14.4 Å². The van der Waals surface area contributed by atoms with Crippen molar-refractivity contribution < 1.29 is 9.15 Å². The largest absolute Gasteiger partial charge is 0.471 e. The van der Waals surface area contributed by atoms with Crippen LogP contribution in [0, 0.1) is 11.3 Å². The summed E-state index contributed by atoms with van der Waals surface area (Å²) in [6.07, 6.45) is 0. The summed E-state index contributed by atoms with van der Waals surface area (Å²) in [6, 6.07) is 10.5. The molecule has 15 heavy (non-hydrogen) atoms. The summed E-state index contributed by atoms with van der Waals surface area (Å²) in [5.74, 6) is 0.0650. The summed E-state index contributed by atoms with van der Waals surface area (Å²) in [6.45, 7) is -0.164. The van der Waals surface area contributed by atoms with E-state index < -0.39 is 5.63 Å². The van der Waals surface area contributed by atoms with Crippen LogP contribution < -0.4 is 10.4 Å². The van der Waals surface area contributed by atoms with Gasteiger partial charge >= 0.3 is 5.63 Å². The molecule has 0 amide bonds. The second kappa shape index (κ2) is 3.84. The molecule has 0 spiro atoms. The molecule has 0 aliphatic heterocycles. The first-order chi connectivity index (χ1) is 7.31. The van der Waals surface area contributed by atoms with Crippen LogP contribution in [-0.2, 0) is 0 Å². The van der Waals surface area contributed by atoms with Gasteiger partial charge in [-0.15, -0.1) is 0 Å². The van der Waals surface area contributed by atoms with Crippen LogP contribution in [0.2, 0.25) is 0 Å². The number of ether oxygens (including phenoxy) is 1. The molecule has 4 heteroatoms. The Hall–Kier alpha value is -2.28. The average molecular weight is 201 g/mol. The Balaban J connectivity index is 2.53. The third-order valence-corrected chi connectivity index (χ3v) is 1.90. The molecular formula is C11H7NO3. The van der Waals surface area contributed by atoms with Crippen molar-refractivity contribution in [3.05, 3.63) is 40.8 Å². The Morgan fingerprint density at radius 2 is 2.20 bits per heavy atom. The lowest BCUT2D eigenvalue weighted by molar-refractivity contribution is 0.346. The summed E-state index contributed by atoms with van der Waals surface area (Å²) >= 11 is 0. The molecule has 4 nitrogen and oxygen atoms in total. The van der Waals surface area contributed by atoms with Gasteiger partial charge in [-0.3, -0.25) is 0 Å². The Kier molecular flexibility index (Phi) is 2.38. The van der Waals surface area contributed by atoms with Gasteiger partial charge in [-0.25, -0.2) is 4.79 Å². The van der Waals surface area contributed by atoms with Crippen LogP contribution in [0.15, 0.2) is 39.5 Å². The number of hydrogen-bond acceptors (Lipinski definition) is 4. The van der Waals surface area contributed by atoms with E-state index in [1.807, 2.05) is 6.07 Å². The van der Waals surface area contributed by atoms with Crippen molar-refractivity contribution in [1.29, 1.82) is 5.26 Å². The first kappa shape index (κ1) is 9.28. The van der Waals surface area contributed by atoms with E-state index in [2.05, 4.69) is 0 Å². The van der Waals surface area contributed by atoms with Gasteiger partial charge < -0.3 is 9.15 Å². The van der Waals surface area contributed by atoms with Crippen LogP contribution in [0.25, 0.3) is 11.0 Å². The topological polar surface area (TPSA) is 63.2 Å². The molecule has 0 N–H and O–H groups in total. The summed E-state index contributed by atoms with van der Waals surface area (Å²) < 4.78 is 9.93. The lowest BCUT2D eigenvalue weighted by atomic mass is 10.2. The van der Waals surface area contributed by atoms with Crippen molar-refractivity contribution in [2.75, 3.05) is 6.61 Å². The first-order valence-corrected chi connectivity index (χ1v) is 4.34. The maximum atomic E-state index is 11.3. The van der Waals surface area contributed by atoms with E-state index in [0.29, 0.717) is 5.58 Å². The molecule has 2 aromatic rings. The summed E-state index contributed by atoms with van der Waals surface area (Å²) in [7, 11) is 0. The molecule has 0 saturated heterocycles. The van der Waals surface area contributed by atoms with Gasteiger partial charge in [0.25, 0.3) is 0 Å².